The lowest BCUT2D eigenvalue weighted by Crippen LogP contribution is -2.30. The van der Waals surface area contributed by atoms with Crippen molar-refractivity contribution in [3.05, 3.63) is 5.21 Å². The van der Waals surface area contributed by atoms with Gasteiger partial charge in [-0.15, -0.1) is 5.01 Å². The molecule has 9 nitrogen and oxygen atoms in total. The number of nitrogens with zero attached hydrogens (tertiary/aromatic N) is 3. The molecule has 0 aromatic rings. The highest BCUT2D eigenvalue weighted by Crippen LogP contribution is 2.15. The molecule has 2 unspecified atom stereocenters. The van der Waals surface area contributed by atoms with Crippen LogP contribution in [0, 0.1) is 11.1 Å². The van der Waals surface area contributed by atoms with Gasteiger partial charge in [-0.25, -0.2) is 4.79 Å². The number of aliphatic hydroxyl groups is 1. The normalized spacial score (nSPS) is 21.1. The van der Waals surface area contributed by atoms with Gasteiger partial charge in [0.05, 0.1) is 18.1 Å². The molecule has 1 rings (SSSR count). The van der Waals surface area contributed by atoms with Gasteiger partial charge in [-0.2, -0.15) is 0 Å². The molecule has 0 amide bonds. The Labute approximate surface area is 123 Å². The second-order valence-corrected chi connectivity index (χ2v) is 5.84. The molecule has 1 N–H and O–H groups in total. The Hall–Kier alpha value is -1.77. The van der Waals surface area contributed by atoms with Crippen molar-refractivity contribution in [1.82, 2.24) is 5.01 Å². The SMILES string of the molecule is CC(O/N=[N+](/[O-])N1CCC(CO)C1)OC(=O)OC(C)(C)C. The van der Waals surface area contributed by atoms with Crippen LogP contribution in [-0.4, -0.2) is 52.8 Å². The quantitative estimate of drug-likeness (QED) is 0.269. The molecule has 21 heavy (non-hydrogen) atoms. The smallest absolute Gasteiger partial charge is 0.511 e. The summed E-state index contributed by atoms with van der Waals surface area (Å²) in [4.78, 5) is 16.4. The molecule has 0 aromatic carbocycles. The largest absolute Gasteiger partial charge is 0.569 e. The maximum Gasteiger partial charge on any atom is 0.511 e. The zero-order chi connectivity index (χ0) is 16.0. The summed E-state index contributed by atoms with van der Waals surface area (Å²) >= 11 is 0. The van der Waals surface area contributed by atoms with E-state index in [0.717, 1.165) is 0 Å². The fourth-order valence-electron chi connectivity index (χ4n) is 1.71. The summed E-state index contributed by atoms with van der Waals surface area (Å²) in [5.41, 5.74) is -0.673. The average Bonchev–Trinajstić information content (AvgIpc) is 2.82. The Bertz CT molecular complexity index is 382. The van der Waals surface area contributed by atoms with Gasteiger partial charge in [0.15, 0.2) is 0 Å². The molecule has 1 aliphatic rings. The molecule has 2 atom stereocenters. The highest BCUT2D eigenvalue weighted by Gasteiger charge is 2.28. The summed E-state index contributed by atoms with van der Waals surface area (Å²) in [6, 6.07) is 0. The number of hydrogen-bond acceptors (Lipinski definition) is 7. The van der Waals surface area contributed by atoms with Crippen LogP contribution in [-0.2, 0) is 14.3 Å². The number of hydrazine groups is 1. The van der Waals surface area contributed by atoms with E-state index < -0.39 is 18.0 Å². The summed E-state index contributed by atoms with van der Waals surface area (Å²) in [5.74, 6) is 0.0621. The lowest BCUT2D eigenvalue weighted by Gasteiger charge is -2.19. The molecule has 1 aliphatic heterocycles. The lowest BCUT2D eigenvalue weighted by atomic mass is 10.1. The van der Waals surface area contributed by atoms with Crippen LogP contribution in [0.5, 0.6) is 0 Å². The van der Waals surface area contributed by atoms with Crippen LogP contribution in [0.4, 0.5) is 4.79 Å². The van der Waals surface area contributed by atoms with Crippen LogP contribution >= 0.6 is 0 Å². The summed E-state index contributed by atoms with van der Waals surface area (Å²) in [6.07, 6.45) is -1.23. The van der Waals surface area contributed by atoms with Crippen molar-refractivity contribution in [2.24, 2.45) is 11.2 Å². The van der Waals surface area contributed by atoms with Gasteiger partial charge in [0.2, 0.25) is 5.28 Å². The molecule has 0 saturated carbocycles. The molecule has 1 fully saturated rings. The second kappa shape index (κ2) is 7.30. The van der Waals surface area contributed by atoms with Crippen molar-refractivity contribution in [2.75, 3.05) is 19.7 Å². The number of carbonyl (C=O) groups is 1. The first kappa shape index (κ1) is 17.3. The maximum absolute atomic E-state index is 11.6. The Morgan fingerprint density at radius 3 is 2.76 bits per heavy atom. The molecular weight excluding hydrogens is 282 g/mol. The molecule has 1 heterocycles. The van der Waals surface area contributed by atoms with E-state index in [-0.39, 0.29) is 12.5 Å². The van der Waals surface area contributed by atoms with Crippen LogP contribution < -0.4 is 0 Å². The van der Waals surface area contributed by atoms with E-state index in [4.69, 9.17) is 19.4 Å². The van der Waals surface area contributed by atoms with Gasteiger partial charge in [0.25, 0.3) is 6.29 Å². The number of aliphatic hydroxyl groups excluding tert-OH is 1. The fraction of sp³-hybridized carbons (Fsp3) is 0.917. The van der Waals surface area contributed by atoms with Crippen LogP contribution in [0.2, 0.25) is 0 Å². The van der Waals surface area contributed by atoms with Gasteiger partial charge in [0.1, 0.15) is 5.60 Å². The van der Waals surface area contributed by atoms with E-state index in [9.17, 15) is 10.0 Å². The Morgan fingerprint density at radius 1 is 1.57 bits per heavy atom. The van der Waals surface area contributed by atoms with Gasteiger partial charge in [-0.3, -0.25) is 4.84 Å². The van der Waals surface area contributed by atoms with Gasteiger partial charge in [-0.05, 0) is 27.2 Å². The monoisotopic (exact) mass is 305 g/mol. The number of ether oxygens (including phenoxy) is 2. The van der Waals surface area contributed by atoms with Crippen molar-refractivity contribution < 1.29 is 29.2 Å². The standard InChI is InChI=1S/C12H23N3O6/c1-9(19-11(17)20-12(2,3)4)21-13-15(18)14-6-5-10(7-14)8-16/h9-10,16H,5-8H2,1-4H3/b15-13+. The van der Waals surface area contributed by atoms with E-state index in [1.54, 1.807) is 20.8 Å². The summed E-state index contributed by atoms with van der Waals surface area (Å²) in [7, 11) is 0. The minimum Gasteiger partial charge on any atom is -0.569 e. The highest BCUT2D eigenvalue weighted by molar-refractivity contribution is 5.60. The maximum atomic E-state index is 11.6. The van der Waals surface area contributed by atoms with Crippen molar-refractivity contribution in [3.8, 4) is 0 Å². The molecule has 0 radical (unpaired) electrons. The first-order valence-electron chi connectivity index (χ1n) is 6.80. The molecule has 0 aliphatic carbocycles. The van der Waals surface area contributed by atoms with Crippen molar-refractivity contribution in [2.45, 2.75) is 46.0 Å². The number of rotatable bonds is 5. The molecule has 0 aromatic heterocycles. The van der Waals surface area contributed by atoms with Gasteiger partial charge < -0.3 is 19.8 Å². The topological polar surface area (TPSA) is 107 Å². The second-order valence-electron chi connectivity index (χ2n) is 5.84. The molecule has 9 heteroatoms. The van der Waals surface area contributed by atoms with Gasteiger partial charge in [-0.1, -0.05) is 0 Å². The number of hydrogen-bond donors (Lipinski definition) is 1. The number of carbonyl (C=O) groups excluding carboxylic acids is 1. The van der Waals surface area contributed by atoms with Gasteiger partial charge >= 0.3 is 6.16 Å². The van der Waals surface area contributed by atoms with Gasteiger partial charge in [0, 0.05) is 19.4 Å². The van der Waals surface area contributed by atoms with Crippen LogP contribution in [0.1, 0.15) is 34.1 Å². The van der Waals surface area contributed by atoms with Crippen molar-refractivity contribution in [3.63, 3.8) is 0 Å². The minimum atomic E-state index is -1.05. The van der Waals surface area contributed by atoms with E-state index >= 15 is 0 Å². The van der Waals surface area contributed by atoms with Crippen molar-refractivity contribution >= 4 is 6.16 Å². The summed E-state index contributed by atoms with van der Waals surface area (Å²) in [5, 5.41) is 25.3. The predicted molar refractivity (Wildman–Crippen MR) is 70.7 cm³/mol. The predicted octanol–water partition coefficient (Wildman–Crippen LogP) is 1.41. The highest BCUT2D eigenvalue weighted by atomic mass is 16.8. The third kappa shape index (κ3) is 6.48. The third-order valence-corrected chi connectivity index (χ3v) is 2.68. The molecular formula is C12H23N3O6. The minimum absolute atomic E-state index is 0.0311. The van der Waals surface area contributed by atoms with Crippen molar-refractivity contribution in [1.29, 1.82) is 0 Å². The summed E-state index contributed by atoms with van der Waals surface area (Å²) < 4.78 is 9.71. The van der Waals surface area contributed by atoms with Crippen LogP contribution in [0.25, 0.3) is 0 Å². The van der Waals surface area contributed by atoms with E-state index in [1.165, 1.54) is 11.9 Å². The first-order valence-corrected chi connectivity index (χ1v) is 6.80. The van der Waals surface area contributed by atoms with E-state index in [2.05, 4.69) is 5.28 Å². The Balaban J connectivity index is 2.36. The third-order valence-electron chi connectivity index (χ3n) is 2.68. The Kier molecular flexibility index (Phi) is 6.01. The lowest BCUT2D eigenvalue weighted by molar-refractivity contribution is -0.710. The zero-order valence-corrected chi connectivity index (χ0v) is 12.8. The van der Waals surface area contributed by atoms with E-state index in [1.807, 2.05) is 0 Å². The van der Waals surface area contributed by atoms with Crippen LogP contribution in [0.3, 0.4) is 0 Å². The Morgan fingerprint density at radius 2 is 2.24 bits per heavy atom. The molecule has 1 saturated heterocycles. The zero-order valence-electron chi connectivity index (χ0n) is 12.8. The molecule has 122 valence electrons. The fourth-order valence-corrected chi connectivity index (χ4v) is 1.71. The summed E-state index contributed by atoms with van der Waals surface area (Å²) in [6.45, 7) is 7.46. The molecule has 0 bridgehead atoms. The molecule has 0 spiro atoms. The first-order chi connectivity index (χ1) is 9.71. The average molecular weight is 305 g/mol. The van der Waals surface area contributed by atoms with E-state index in [0.29, 0.717) is 24.5 Å². The van der Waals surface area contributed by atoms with Crippen LogP contribution in [0.15, 0.2) is 5.28 Å².